The summed E-state index contributed by atoms with van der Waals surface area (Å²) in [6, 6.07) is 3.68. The summed E-state index contributed by atoms with van der Waals surface area (Å²) < 4.78 is 26.5. The lowest BCUT2D eigenvalue weighted by Crippen LogP contribution is -2.16. The van der Waals surface area contributed by atoms with Gasteiger partial charge in [-0.1, -0.05) is 25.3 Å². The van der Waals surface area contributed by atoms with E-state index < -0.39 is 17.7 Å². The zero-order valence-electron chi connectivity index (χ0n) is 8.42. The molecule has 0 amide bonds. The molecule has 15 heavy (non-hydrogen) atoms. The summed E-state index contributed by atoms with van der Waals surface area (Å²) in [5.74, 6) is -0.873. The van der Waals surface area contributed by atoms with Gasteiger partial charge in [0.25, 0.3) is 0 Å². The minimum atomic E-state index is -1.00. The third-order valence-electron chi connectivity index (χ3n) is 3.11. The first-order chi connectivity index (χ1) is 7.18. The van der Waals surface area contributed by atoms with Gasteiger partial charge in [0.05, 0.1) is 11.7 Å². The van der Waals surface area contributed by atoms with E-state index >= 15 is 0 Å². The van der Waals surface area contributed by atoms with Crippen LogP contribution >= 0.6 is 0 Å². The van der Waals surface area contributed by atoms with E-state index in [-0.39, 0.29) is 5.56 Å². The van der Waals surface area contributed by atoms with Crippen LogP contribution in [0, 0.1) is 17.6 Å². The predicted octanol–water partition coefficient (Wildman–Crippen LogP) is 3.19. The number of hydrogen-bond acceptors (Lipinski definition) is 1. The molecule has 0 heterocycles. The van der Waals surface area contributed by atoms with Crippen LogP contribution in [0.5, 0.6) is 0 Å². The van der Waals surface area contributed by atoms with Gasteiger partial charge in [0.15, 0.2) is 0 Å². The first-order valence-electron chi connectivity index (χ1n) is 5.30. The fraction of sp³-hybridized carbons (Fsp3) is 0.500. The Kier molecular flexibility index (Phi) is 3.00. The van der Waals surface area contributed by atoms with Crippen LogP contribution in [0.25, 0.3) is 0 Å². The van der Waals surface area contributed by atoms with Gasteiger partial charge in [-0.2, -0.15) is 0 Å². The summed E-state index contributed by atoms with van der Waals surface area (Å²) in [5.41, 5.74) is -0.176. The minimum absolute atomic E-state index is 0.176. The molecule has 2 rings (SSSR count). The van der Waals surface area contributed by atoms with Crippen LogP contribution in [-0.4, -0.2) is 5.11 Å². The Hall–Kier alpha value is -0.960. The highest BCUT2D eigenvalue weighted by Crippen LogP contribution is 2.35. The molecule has 1 atom stereocenters. The van der Waals surface area contributed by atoms with Gasteiger partial charge in [-0.25, -0.2) is 8.78 Å². The van der Waals surface area contributed by atoms with E-state index in [9.17, 15) is 13.9 Å². The topological polar surface area (TPSA) is 20.2 Å². The van der Waals surface area contributed by atoms with Gasteiger partial charge in [0.2, 0.25) is 0 Å². The van der Waals surface area contributed by atoms with Crippen molar-refractivity contribution >= 4 is 0 Å². The van der Waals surface area contributed by atoms with Crippen molar-refractivity contribution in [1.29, 1.82) is 0 Å². The maximum atomic E-state index is 13.3. The molecule has 1 aromatic carbocycles. The molecule has 0 bridgehead atoms. The number of aliphatic hydroxyl groups excluding tert-OH is 1. The molecule has 1 N–H and O–H groups in total. The van der Waals surface area contributed by atoms with Gasteiger partial charge in [-0.05, 0) is 24.5 Å². The molecule has 3 heteroatoms. The van der Waals surface area contributed by atoms with E-state index in [2.05, 4.69) is 0 Å². The largest absolute Gasteiger partial charge is 0.388 e. The number of aliphatic hydroxyl groups is 1. The second-order valence-corrected chi connectivity index (χ2v) is 4.18. The smallest absolute Gasteiger partial charge is 0.131 e. The van der Waals surface area contributed by atoms with Crippen molar-refractivity contribution in [1.82, 2.24) is 0 Å². The second-order valence-electron chi connectivity index (χ2n) is 4.18. The van der Waals surface area contributed by atoms with E-state index in [0.717, 1.165) is 19.3 Å². The number of halogens is 2. The number of hydrogen-bond donors (Lipinski definition) is 1. The van der Waals surface area contributed by atoms with Crippen LogP contribution in [0.4, 0.5) is 8.78 Å². The Labute approximate surface area is 87.7 Å². The average Bonchev–Trinajstić information content (AvgIpc) is 2.11. The van der Waals surface area contributed by atoms with Gasteiger partial charge in [-0.3, -0.25) is 0 Å². The van der Waals surface area contributed by atoms with E-state index in [1.807, 2.05) is 0 Å². The van der Waals surface area contributed by atoms with Gasteiger partial charge in [0.1, 0.15) is 11.6 Å². The first kappa shape index (κ1) is 10.6. The van der Waals surface area contributed by atoms with Crippen molar-refractivity contribution < 1.29 is 13.9 Å². The molecule has 0 radical (unpaired) electrons. The van der Waals surface area contributed by atoms with Crippen molar-refractivity contribution in [3.8, 4) is 0 Å². The van der Waals surface area contributed by atoms with Gasteiger partial charge >= 0.3 is 0 Å². The highest BCUT2D eigenvalue weighted by molar-refractivity contribution is 5.22. The summed E-state index contributed by atoms with van der Waals surface area (Å²) >= 11 is 0. The predicted molar refractivity (Wildman–Crippen MR) is 53.3 cm³/mol. The van der Waals surface area contributed by atoms with Crippen LogP contribution in [0.3, 0.4) is 0 Å². The highest BCUT2D eigenvalue weighted by atomic mass is 19.1. The molecule has 1 aromatic rings. The zero-order valence-corrected chi connectivity index (χ0v) is 8.42. The highest BCUT2D eigenvalue weighted by Gasteiger charge is 2.25. The fourth-order valence-corrected chi connectivity index (χ4v) is 1.99. The minimum Gasteiger partial charge on any atom is -0.388 e. The standard InChI is InChI=1S/C12H14F2O/c13-9-5-2-6-10(14)12(9)11(15)7-8-3-1-4-8/h2,5-6,8,11,15H,1,3-4,7H2. The Morgan fingerprint density at radius 2 is 1.87 bits per heavy atom. The zero-order chi connectivity index (χ0) is 10.8. The molecule has 1 aliphatic carbocycles. The quantitative estimate of drug-likeness (QED) is 0.815. The fourth-order valence-electron chi connectivity index (χ4n) is 1.99. The van der Waals surface area contributed by atoms with E-state index in [4.69, 9.17) is 0 Å². The van der Waals surface area contributed by atoms with Crippen LogP contribution in [0.1, 0.15) is 37.4 Å². The molecular weight excluding hydrogens is 198 g/mol. The summed E-state index contributed by atoms with van der Waals surface area (Å²) in [7, 11) is 0. The molecule has 0 saturated heterocycles. The maximum absolute atomic E-state index is 13.3. The molecule has 1 fully saturated rings. The lowest BCUT2D eigenvalue weighted by atomic mass is 9.80. The van der Waals surface area contributed by atoms with E-state index in [1.54, 1.807) is 0 Å². The van der Waals surface area contributed by atoms with Crippen molar-refractivity contribution in [3.63, 3.8) is 0 Å². The van der Waals surface area contributed by atoms with Crippen molar-refractivity contribution in [2.24, 2.45) is 5.92 Å². The molecule has 1 aliphatic rings. The third kappa shape index (κ3) is 2.17. The van der Waals surface area contributed by atoms with Gasteiger partial charge in [0, 0.05) is 0 Å². The van der Waals surface area contributed by atoms with Gasteiger partial charge < -0.3 is 5.11 Å². The third-order valence-corrected chi connectivity index (χ3v) is 3.11. The Morgan fingerprint density at radius 1 is 1.27 bits per heavy atom. The molecule has 1 unspecified atom stereocenters. The van der Waals surface area contributed by atoms with Gasteiger partial charge in [-0.15, -0.1) is 0 Å². The Balaban J connectivity index is 2.12. The molecule has 1 saturated carbocycles. The number of benzene rings is 1. The van der Waals surface area contributed by atoms with Crippen LogP contribution in [-0.2, 0) is 0 Å². The number of rotatable bonds is 3. The van der Waals surface area contributed by atoms with Crippen LogP contribution in [0.2, 0.25) is 0 Å². The Bertz CT molecular complexity index is 327. The van der Waals surface area contributed by atoms with Crippen molar-refractivity contribution in [2.75, 3.05) is 0 Å². The van der Waals surface area contributed by atoms with E-state index in [0.29, 0.717) is 12.3 Å². The molecule has 0 aliphatic heterocycles. The van der Waals surface area contributed by atoms with Crippen LogP contribution < -0.4 is 0 Å². The average molecular weight is 212 g/mol. The summed E-state index contributed by atoms with van der Waals surface area (Å²) in [4.78, 5) is 0. The monoisotopic (exact) mass is 212 g/mol. The summed E-state index contributed by atoms with van der Waals surface area (Å²) in [6.45, 7) is 0. The van der Waals surface area contributed by atoms with Crippen molar-refractivity contribution in [3.05, 3.63) is 35.4 Å². The molecule has 1 nitrogen and oxygen atoms in total. The lowest BCUT2D eigenvalue weighted by molar-refractivity contribution is 0.111. The Morgan fingerprint density at radius 3 is 2.33 bits per heavy atom. The lowest BCUT2D eigenvalue weighted by Gasteiger charge is -2.27. The second kappa shape index (κ2) is 4.27. The summed E-state index contributed by atoms with van der Waals surface area (Å²) in [6.07, 6.45) is 2.76. The van der Waals surface area contributed by atoms with Crippen LogP contribution in [0.15, 0.2) is 18.2 Å². The first-order valence-corrected chi connectivity index (χ1v) is 5.30. The molecular formula is C12H14F2O. The SMILES string of the molecule is OC(CC1CCC1)c1c(F)cccc1F. The molecule has 82 valence electrons. The maximum Gasteiger partial charge on any atom is 0.131 e. The molecule has 0 aromatic heterocycles. The van der Waals surface area contributed by atoms with E-state index in [1.165, 1.54) is 18.2 Å². The van der Waals surface area contributed by atoms with Crippen molar-refractivity contribution in [2.45, 2.75) is 31.8 Å². The normalized spacial score (nSPS) is 18.6. The summed E-state index contributed by atoms with van der Waals surface area (Å²) in [5, 5.41) is 9.74. The molecule has 0 spiro atoms.